The predicted octanol–water partition coefficient (Wildman–Crippen LogP) is 2.04. The molecule has 0 bridgehead atoms. The molecule has 2 aliphatic heterocycles. The van der Waals surface area contributed by atoms with E-state index in [0.29, 0.717) is 26.3 Å². The van der Waals surface area contributed by atoms with Crippen molar-refractivity contribution in [3.8, 4) is 5.75 Å². The van der Waals surface area contributed by atoms with Gasteiger partial charge in [0, 0.05) is 25.6 Å². The third-order valence-corrected chi connectivity index (χ3v) is 4.36. The van der Waals surface area contributed by atoms with E-state index in [2.05, 4.69) is 5.10 Å². The molecule has 0 radical (unpaired) electrons. The van der Waals surface area contributed by atoms with Gasteiger partial charge in [-0.3, -0.25) is 0 Å². The first-order chi connectivity index (χ1) is 12.0. The van der Waals surface area contributed by atoms with Crippen LogP contribution in [0.25, 0.3) is 0 Å². The van der Waals surface area contributed by atoms with Gasteiger partial charge in [0.2, 0.25) is 0 Å². The minimum Gasteiger partial charge on any atom is -0.408 e. The summed E-state index contributed by atoms with van der Waals surface area (Å²) in [6.07, 6.45) is 0.130. The summed E-state index contributed by atoms with van der Waals surface area (Å²) >= 11 is 5.98. The van der Waals surface area contributed by atoms with Crippen LogP contribution in [0.3, 0.4) is 0 Å². The maximum atomic E-state index is 12.4. The van der Waals surface area contributed by atoms with Crippen LogP contribution in [0, 0.1) is 16.0 Å². The number of nitro groups is 1. The fraction of sp³-hybridized carbons (Fsp3) is 0.467. The Bertz CT molecular complexity index is 692. The van der Waals surface area contributed by atoms with Crippen molar-refractivity contribution in [3.05, 3.63) is 39.4 Å². The standard InChI is InChI=1S/C15H17ClN4O5/c16-12-3-1-2-4-13(12)25-15(21)19-7-6-18(14(19)17-20(22)23)9-11-5-8-24-10-11/h1-4,11H,5-10H2. The van der Waals surface area contributed by atoms with Crippen molar-refractivity contribution in [2.24, 2.45) is 11.0 Å². The van der Waals surface area contributed by atoms with Crippen LogP contribution < -0.4 is 4.74 Å². The molecule has 1 atom stereocenters. The molecule has 1 aromatic rings. The van der Waals surface area contributed by atoms with Gasteiger partial charge in [-0.1, -0.05) is 23.7 Å². The van der Waals surface area contributed by atoms with E-state index in [9.17, 15) is 14.9 Å². The van der Waals surface area contributed by atoms with E-state index < -0.39 is 11.1 Å². The van der Waals surface area contributed by atoms with Crippen molar-refractivity contribution in [2.45, 2.75) is 6.42 Å². The van der Waals surface area contributed by atoms with E-state index >= 15 is 0 Å². The van der Waals surface area contributed by atoms with Gasteiger partial charge in [0.1, 0.15) is 5.10 Å². The average molecular weight is 369 g/mol. The van der Waals surface area contributed by atoms with Gasteiger partial charge in [0.15, 0.2) is 10.8 Å². The van der Waals surface area contributed by atoms with Crippen LogP contribution in [0.15, 0.2) is 29.4 Å². The molecule has 1 unspecified atom stereocenters. The first-order valence-electron chi connectivity index (χ1n) is 7.84. The molecule has 2 fully saturated rings. The van der Waals surface area contributed by atoms with Crippen LogP contribution in [0.1, 0.15) is 6.42 Å². The summed E-state index contributed by atoms with van der Waals surface area (Å²) in [5, 5.41) is 13.7. The van der Waals surface area contributed by atoms with E-state index in [1.807, 2.05) is 0 Å². The van der Waals surface area contributed by atoms with Gasteiger partial charge in [-0.2, -0.15) is 0 Å². The molecule has 1 aromatic carbocycles. The van der Waals surface area contributed by atoms with Crippen LogP contribution in [0.4, 0.5) is 4.79 Å². The average Bonchev–Trinajstić information content (AvgIpc) is 3.20. The Morgan fingerprint density at radius 2 is 2.24 bits per heavy atom. The molecule has 3 rings (SSSR count). The van der Waals surface area contributed by atoms with E-state index in [1.165, 1.54) is 0 Å². The predicted molar refractivity (Wildman–Crippen MR) is 89.1 cm³/mol. The topological polar surface area (TPSA) is 97.5 Å². The second kappa shape index (κ2) is 7.66. The van der Waals surface area contributed by atoms with E-state index in [-0.39, 0.29) is 29.2 Å². The molecule has 2 saturated heterocycles. The summed E-state index contributed by atoms with van der Waals surface area (Å²) in [5.41, 5.74) is 0. The number of carbonyl (C=O) groups is 1. The van der Waals surface area contributed by atoms with Gasteiger partial charge in [-0.25, -0.2) is 19.8 Å². The zero-order valence-electron chi connectivity index (χ0n) is 13.3. The number of benzene rings is 1. The summed E-state index contributed by atoms with van der Waals surface area (Å²) < 4.78 is 10.6. The second-order valence-corrected chi connectivity index (χ2v) is 6.17. The highest BCUT2D eigenvalue weighted by molar-refractivity contribution is 6.32. The van der Waals surface area contributed by atoms with Crippen molar-refractivity contribution in [1.82, 2.24) is 9.80 Å². The van der Waals surface area contributed by atoms with E-state index in [0.717, 1.165) is 11.3 Å². The number of rotatable bonds is 4. The lowest BCUT2D eigenvalue weighted by Gasteiger charge is -2.21. The molecule has 25 heavy (non-hydrogen) atoms. The lowest BCUT2D eigenvalue weighted by atomic mass is 10.1. The Morgan fingerprint density at radius 3 is 2.92 bits per heavy atom. The van der Waals surface area contributed by atoms with Crippen LogP contribution >= 0.6 is 11.6 Å². The molecular formula is C15H17ClN4O5. The number of hydrazone groups is 1. The molecule has 0 N–H and O–H groups in total. The lowest BCUT2D eigenvalue weighted by molar-refractivity contribution is -0.486. The van der Waals surface area contributed by atoms with E-state index in [4.69, 9.17) is 21.1 Å². The number of para-hydroxylation sites is 1. The molecule has 1 amide bonds. The fourth-order valence-corrected chi connectivity index (χ4v) is 3.02. The van der Waals surface area contributed by atoms with Crippen molar-refractivity contribution in [2.75, 3.05) is 32.8 Å². The Morgan fingerprint density at radius 1 is 1.44 bits per heavy atom. The third kappa shape index (κ3) is 4.18. The number of halogens is 1. The minimum atomic E-state index is -0.811. The summed E-state index contributed by atoms with van der Waals surface area (Å²) in [6.45, 7) is 2.53. The highest BCUT2D eigenvalue weighted by atomic mass is 35.5. The summed E-state index contributed by atoms with van der Waals surface area (Å²) in [7, 11) is 0. The third-order valence-electron chi connectivity index (χ3n) is 4.05. The number of hydrogen-bond donors (Lipinski definition) is 0. The minimum absolute atomic E-state index is 0.0195. The van der Waals surface area contributed by atoms with Crippen molar-refractivity contribution < 1.29 is 19.3 Å². The molecule has 134 valence electrons. The van der Waals surface area contributed by atoms with Gasteiger partial charge >= 0.3 is 6.09 Å². The molecule has 9 nitrogen and oxygen atoms in total. The highest BCUT2D eigenvalue weighted by Gasteiger charge is 2.37. The van der Waals surface area contributed by atoms with Crippen molar-refractivity contribution in [1.29, 1.82) is 0 Å². The molecule has 2 heterocycles. The zero-order chi connectivity index (χ0) is 17.8. The first-order valence-corrected chi connectivity index (χ1v) is 8.22. The normalized spacial score (nSPS) is 21.8. The largest absolute Gasteiger partial charge is 0.422 e. The molecule has 0 aromatic heterocycles. The number of guanidine groups is 1. The Balaban J connectivity index is 1.74. The lowest BCUT2D eigenvalue weighted by Crippen LogP contribution is -2.41. The summed E-state index contributed by atoms with van der Waals surface area (Å²) in [4.78, 5) is 26.2. The van der Waals surface area contributed by atoms with Gasteiger partial charge in [0.05, 0.1) is 18.2 Å². The van der Waals surface area contributed by atoms with Crippen LogP contribution in [-0.2, 0) is 4.74 Å². The summed E-state index contributed by atoms with van der Waals surface area (Å²) in [5.74, 6) is 0.433. The van der Waals surface area contributed by atoms with Crippen LogP contribution in [-0.4, -0.2) is 59.7 Å². The van der Waals surface area contributed by atoms with Gasteiger partial charge in [-0.05, 0) is 18.6 Å². The Labute approximate surface area is 148 Å². The van der Waals surface area contributed by atoms with Gasteiger partial charge < -0.3 is 14.4 Å². The molecule has 2 aliphatic rings. The smallest absolute Gasteiger partial charge is 0.408 e. The SMILES string of the molecule is O=C(Oc1ccccc1Cl)N1CCN(CC2CCOC2)C1=N[N+](=O)[O-]. The maximum absolute atomic E-state index is 12.4. The Hall–Kier alpha value is -2.39. The molecular weight excluding hydrogens is 352 g/mol. The zero-order valence-corrected chi connectivity index (χ0v) is 14.1. The molecule has 0 aliphatic carbocycles. The Kier molecular flexibility index (Phi) is 5.34. The van der Waals surface area contributed by atoms with Crippen LogP contribution in [0.5, 0.6) is 5.75 Å². The molecule has 0 saturated carbocycles. The second-order valence-electron chi connectivity index (χ2n) is 5.76. The van der Waals surface area contributed by atoms with E-state index in [1.54, 1.807) is 29.2 Å². The number of carbonyl (C=O) groups excluding carboxylic acids is 1. The van der Waals surface area contributed by atoms with Crippen LogP contribution in [0.2, 0.25) is 5.02 Å². The number of ether oxygens (including phenoxy) is 2. The quantitative estimate of drug-likeness (QED) is 0.596. The first kappa shape index (κ1) is 17.4. The maximum Gasteiger partial charge on any atom is 0.422 e. The van der Waals surface area contributed by atoms with Gasteiger partial charge in [0.25, 0.3) is 5.96 Å². The highest BCUT2D eigenvalue weighted by Crippen LogP contribution is 2.25. The summed E-state index contributed by atoms with van der Waals surface area (Å²) in [6, 6.07) is 6.53. The van der Waals surface area contributed by atoms with Crippen molar-refractivity contribution in [3.63, 3.8) is 0 Å². The number of amides is 1. The fourth-order valence-electron chi connectivity index (χ4n) is 2.84. The monoisotopic (exact) mass is 368 g/mol. The molecule has 0 spiro atoms. The number of hydrogen-bond acceptors (Lipinski definition) is 5. The van der Waals surface area contributed by atoms with Gasteiger partial charge in [-0.15, -0.1) is 0 Å². The number of nitrogens with zero attached hydrogens (tertiary/aromatic N) is 4. The molecule has 10 heteroatoms. The van der Waals surface area contributed by atoms with Crippen molar-refractivity contribution >= 4 is 23.7 Å².